The van der Waals surface area contributed by atoms with Gasteiger partial charge in [-0.05, 0) is 31.9 Å². The molecule has 1 aliphatic rings. The van der Waals surface area contributed by atoms with Gasteiger partial charge in [0.05, 0.1) is 18.4 Å². The number of nitrogens with zero attached hydrogens (tertiary/aromatic N) is 2. The van der Waals surface area contributed by atoms with Crippen LogP contribution in [0.5, 0.6) is 0 Å². The summed E-state index contributed by atoms with van der Waals surface area (Å²) < 4.78 is 0. The highest BCUT2D eigenvalue weighted by Gasteiger charge is 2.32. The van der Waals surface area contributed by atoms with Crippen LogP contribution in [0.2, 0.25) is 0 Å². The molecule has 1 aromatic rings. The second-order valence-electron chi connectivity index (χ2n) is 6.18. The average Bonchev–Trinajstić information content (AvgIpc) is 2.69. The fraction of sp³-hybridized carbons (Fsp3) is 0.227. The number of benzene rings is 1. The molecule has 0 fully saturated rings. The van der Waals surface area contributed by atoms with E-state index < -0.39 is 6.04 Å². The standard InChI is InChI=1S/C22H25N3O2/c1-5-7-11-18(6-2)21-20(14-26)17(4)23-15-25(21)22(27)24-16(3)19-12-9-8-10-13-19/h5-16,21H,1H2,2-4H3,(H,24,27)/b11-7-,18-6+/t16-,21?/m0/s1. The summed E-state index contributed by atoms with van der Waals surface area (Å²) >= 11 is 0. The van der Waals surface area contributed by atoms with Crippen molar-refractivity contribution in [3.05, 3.63) is 83.6 Å². The van der Waals surface area contributed by atoms with Crippen molar-refractivity contribution in [2.45, 2.75) is 32.9 Å². The lowest BCUT2D eigenvalue weighted by Crippen LogP contribution is -2.49. The predicted octanol–water partition coefficient (Wildman–Crippen LogP) is 4.33. The molecule has 2 rings (SSSR count). The molecule has 2 atom stereocenters. The maximum Gasteiger partial charge on any atom is 0.323 e. The van der Waals surface area contributed by atoms with Gasteiger partial charge < -0.3 is 5.32 Å². The van der Waals surface area contributed by atoms with Crippen LogP contribution in [0.1, 0.15) is 32.4 Å². The fourth-order valence-electron chi connectivity index (χ4n) is 2.91. The molecular formula is C22H25N3O2. The first kappa shape index (κ1) is 20.1. The molecule has 0 aliphatic carbocycles. The van der Waals surface area contributed by atoms with Gasteiger partial charge in [-0.2, -0.15) is 0 Å². The van der Waals surface area contributed by atoms with Gasteiger partial charge in [0.25, 0.3) is 0 Å². The van der Waals surface area contributed by atoms with Crippen molar-refractivity contribution in [2.24, 2.45) is 4.99 Å². The first-order valence-electron chi connectivity index (χ1n) is 8.82. The second kappa shape index (κ2) is 9.48. The number of allylic oxidation sites excluding steroid dienone is 4. The Balaban J connectivity index is 2.33. The van der Waals surface area contributed by atoms with Crippen LogP contribution in [0.25, 0.3) is 0 Å². The molecule has 2 amide bonds. The fourth-order valence-corrected chi connectivity index (χ4v) is 2.91. The van der Waals surface area contributed by atoms with Crippen LogP contribution in [0.4, 0.5) is 4.79 Å². The smallest absolute Gasteiger partial charge is 0.323 e. The topological polar surface area (TPSA) is 61.8 Å². The lowest BCUT2D eigenvalue weighted by Gasteiger charge is -2.33. The molecule has 0 spiro atoms. The van der Waals surface area contributed by atoms with Crippen molar-refractivity contribution < 1.29 is 9.59 Å². The van der Waals surface area contributed by atoms with Crippen molar-refractivity contribution in [3.63, 3.8) is 0 Å². The van der Waals surface area contributed by atoms with Crippen molar-refractivity contribution in [1.29, 1.82) is 0 Å². The lowest BCUT2D eigenvalue weighted by molar-refractivity contribution is -0.105. The third-order valence-electron chi connectivity index (χ3n) is 4.44. The molecule has 0 saturated carbocycles. The number of carbonyl (C=O) groups excluding carboxylic acids is 2. The molecule has 27 heavy (non-hydrogen) atoms. The van der Waals surface area contributed by atoms with Gasteiger partial charge in [-0.1, -0.05) is 61.2 Å². The number of aldehydes is 1. The molecule has 5 heteroatoms. The maximum atomic E-state index is 13.0. The summed E-state index contributed by atoms with van der Waals surface area (Å²) in [6.45, 7) is 9.23. The van der Waals surface area contributed by atoms with Gasteiger partial charge in [-0.3, -0.25) is 9.69 Å². The Morgan fingerprint density at radius 3 is 2.63 bits per heavy atom. The normalized spacial score (nSPS) is 18.6. The van der Waals surface area contributed by atoms with Crippen LogP contribution in [0.15, 0.2) is 83.1 Å². The maximum absolute atomic E-state index is 13.0. The van der Waals surface area contributed by atoms with Crippen LogP contribution >= 0.6 is 0 Å². The highest BCUT2D eigenvalue weighted by Crippen LogP contribution is 2.26. The molecule has 1 aliphatic heterocycles. The molecule has 1 heterocycles. The molecule has 5 nitrogen and oxygen atoms in total. The SMILES string of the molecule is C=C/C=C\C(=C/C)C1C(C=O)=C(C)N=CN1C(=O)N[C@@H](C)c1ccccc1. The molecule has 0 aromatic heterocycles. The Hall–Kier alpha value is -3.21. The molecule has 0 radical (unpaired) electrons. The summed E-state index contributed by atoms with van der Waals surface area (Å²) in [4.78, 5) is 30.4. The predicted molar refractivity (Wildman–Crippen MR) is 109 cm³/mol. The van der Waals surface area contributed by atoms with Gasteiger partial charge in [0.15, 0.2) is 0 Å². The number of amides is 2. The molecule has 140 valence electrons. The lowest BCUT2D eigenvalue weighted by atomic mass is 9.95. The first-order chi connectivity index (χ1) is 13.0. The van der Waals surface area contributed by atoms with E-state index in [4.69, 9.17) is 0 Å². The van der Waals surface area contributed by atoms with E-state index >= 15 is 0 Å². The number of carbonyl (C=O) groups is 2. The number of hydrogen-bond acceptors (Lipinski definition) is 3. The van der Waals surface area contributed by atoms with Crippen molar-refractivity contribution in [1.82, 2.24) is 10.2 Å². The zero-order chi connectivity index (χ0) is 19.8. The summed E-state index contributed by atoms with van der Waals surface area (Å²) in [5, 5.41) is 2.98. The summed E-state index contributed by atoms with van der Waals surface area (Å²) in [6, 6.07) is 8.66. The van der Waals surface area contributed by atoms with E-state index in [1.807, 2.05) is 56.3 Å². The Labute approximate surface area is 160 Å². The van der Waals surface area contributed by atoms with Crippen LogP contribution in [0.3, 0.4) is 0 Å². The number of urea groups is 1. The van der Waals surface area contributed by atoms with Gasteiger partial charge in [-0.15, -0.1) is 0 Å². The van der Waals surface area contributed by atoms with Gasteiger partial charge in [0, 0.05) is 11.3 Å². The molecule has 0 bridgehead atoms. The van der Waals surface area contributed by atoms with E-state index in [1.165, 1.54) is 11.2 Å². The first-order valence-corrected chi connectivity index (χ1v) is 8.82. The van der Waals surface area contributed by atoms with E-state index in [-0.39, 0.29) is 12.1 Å². The van der Waals surface area contributed by atoms with Crippen molar-refractivity contribution >= 4 is 18.7 Å². The summed E-state index contributed by atoms with van der Waals surface area (Å²) in [6.07, 6.45) is 9.39. The Bertz CT molecular complexity index is 819. The average molecular weight is 363 g/mol. The van der Waals surface area contributed by atoms with E-state index in [2.05, 4.69) is 16.9 Å². The number of aliphatic imine (C=N–C) groups is 1. The Morgan fingerprint density at radius 1 is 1.33 bits per heavy atom. The zero-order valence-electron chi connectivity index (χ0n) is 15.9. The van der Waals surface area contributed by atoms with Crippen LogP contribution in [-0.4, -0.2) is 29.6 Å². The molecule has 1 aromatic carbocycles. The minimum atomic E-state index is -0.538. The van der Waals surface area contributed by atoms with Crippen LogP contribution < -0.4 is 5.32 Å². The van der Waals surface area contributed by atoms with Crippen molar-refractivity contribution in [3.8, 4) is 0 Å². The summed E-state index contributed by atoms with van der Waals surface area (Å²) in [5.74, 6) is 0. The van der Waals surface area contributed by atoms with E-state index in [9.17, 15) is 9.59 Å². The summed E-state index contributed by atoms with van der Waals surface area (Å²) in [7, 11) is 0. The molecule has 1 unspecified atom stereocenters. The monoisotopic (exact) mass is 363 g/mol. The van der Waals surface area contributed by atoms with E-state index in [0.29, 0.717) is 11.3 Å². The molecule has 1 N–H and O–H groups in total. The largest absolute Gasteiger partial charge is 0.331 e. The third-order valence-corrected chi connectivity index (χ3v) is 4.44. The zero-order valence-corrected chi connectivity index (χ0v) is 15.9. The number of rotatable bonds is 6. The van der Waals surface area contributed by atoms with Gasteiger partial charge in [0.2, 0.25) is 0 Å². The Kier molecular flexibility index (Phi) is 7.06. The number of hydrogen-bond donors (Lipinski definition) is 1. The highest BCUT2D eigenvalue weighted by atomic mass is 16.2. The number of nitrogens with one attached hydrogen (secondary N) is 1. The minimum Gasteiger partial charge on any atom is -0.331 e. The third kappa shape index (κ3) is 4.70. The molecular weight excluding hydrogens is 338 g/mol. The molecule has 0 saturated heterocycles. The van der Waals surface area contributed by atoms with Gasteiger partial charge in [0.1, 0.15) is 6.29 Å². The van der Waals surface area contributed by atoms with E-state index in [0.717, 1.165) is 17.4 Å². The summed E-state index contributed by atoms with van der Waals surface area (Å²) in [5.41, 5.74) is 2.87. The highest BCUT2D eigenvalue weighted by molar-refractivity contribution is 5.93. The quantitative estimate of drug-likeness (QED) is 0.604. The second-order valence-corrected chi connectivity index (χ2v) is 6.18. The van der Waals surface area contributed by atoms with E-state index in [1.54, 1.807) is 19.1 Å². The van der Waals surface area contributed by atoms with Crippen LogP contribution in [0, 0.1) is 0 Å². The van der Waals surface area contributed by atoms with Gasteiger partial charge in [-0.25, -0.2) is 9.79 Å². The van der Waals surface area contributed by atoms with Gasteiger partial charge >= 0.3 is 6.03 Å². The van der Waals surface area contributed by atoms with Crippen molar-refractivity contribution in [2.75, 3.05) is 0 Å². The van der Waals surface area contributed by atoms with Crippen LogP contribution in [-0.2, 0) is 4.79 Å². The Morgan fingerprint density at radius 2 is 2.04 bits per heavy atom. The minimum absolute atomic E-state index is 0.183.